The SMILES string of the molecule is Cc1cc(C2=CCOCC2)c2nc(N)nn2c1. The summed E-state index contributed by atoms with van der Waals surface area (Å²) in [6, 6.07) is 2.13. The summed E-state index contributed by atoms with van der Waals surface area (Å²) in [6.45, 7) is 3.47. The fourth-order valence-electron chi connectivity index (χ4n) is 2.14. The van der Waals surface area contributed by atoms with Crippen molar-refractivity contribution in [2.24, 2.45) is 0 Å². The number of fused-ring (bicyclic) bond motifs is 1. The zero-order valence-corrected chi connectivity index (χ0v) is 9.68. The molecule has 0 aliphatic carbocycles. The van der Waals surface area contributed by atoms with Gasteiger partial charge in [0.25, 0.3) is 0 Å². The monoisotopic (exact) mass is 230 g/mol. The molecular formula is C12H14N4O. The fourth-order valence-corrected chi connectivity index (χ4v) is 2.14. The Kier molecular flexibility index (Phi) is 2.33. The van der Waals surface area contributed by atoms with Crippen LogP contribution in [-0.4, -0.2) is 27.8 Å². The summed E-state index contributed by atoms with van der Waals surface area (Å²) in [6.07, 6.45) is 4.94. The molecule has 17 heavy (non-hydrogen) atoms. The first-order valence-corrected chi connectivity index (χ1v) is 5.64. The molecule has 0 atom stereocenters. The number of pyridine rings is 1. The molecule has 0 saturated carbocycles. The lowest BCUT2D eigenvalue weighted by atomic mass is 10.0. The van der Waals surface area contributed by atoms with Crippen molar-refractivity contribution in [3.05, 3.63) is 29.5 Å². The Balaban J connectivity index is 2.23. The van der Waals surface area contributed by atoms with Crippen molar-refractivity contribution >= 4 is 17.2 Å². The third-order valence-electron chi connectivity index (χ3n) is 2.90. The van der Waals surface area contributed by atoms with Gasteiger partial charge < -0.3 is 10.5 Å². The zero-order chi connectivity index (χ0) is 11.8. The van der Waals surface area contributed by atoms with Crippen molar-refractivity contribution in [1.82, 2.24) is 14.6 Å². The van der Waals surface area contributed by atoms with Gasteiger partial charge in [0, 0.05) is 11.8 Å². The van der Waals surface area contributed by atoms with E-state index in [9.17, 15) is 0 Å². The van der Waals surface area contributed by atoms with Crippen LogP contribution in [-0.2, 0) is 4.74 Å². The van der Waals surface area contributed by atoms with Gasteiger partial charge in [0.15, 0.2) is 5.65 Å². The molecular weight excluding hydrogens is 216 g/mol. The van der Waals surface area contributed by atoms with Gasteiger partial charge in [0.05, 0.1) is 13.2 Å². The minimum atomic E-state index is 0.310. The molecule has 0 unspecified atom stereocenters. The summed E-state index contributed by atoms with van der Waals surface area (Å²) in [4.78, 5) is 4.28. The summed E-state index contributed by atoms with van der Waals surface area (Å²) in [5.41, 5.74) is 9.99. The molecule has 2 aromatic rings. The molecule has 0 bridgehead atoms. The van der Waals surface area contributed by atoms with Gasteiger partial charge in [0.1, 0.15) is 0 Å². The van der Waals surface area contributed by atoms with Gasteiger partial charge in [0.2, 0.25) is 5.95 Å². The van der Waals surface area contributed by atoms with Crippen LogP contribution in [0.4, 0.5) is 5.95 Å². The predicted molar refractivity (Wildman–Crippen MR) is 65.5 cm³/mol. The van der Waals surface area contributed by atoms with Gasteiger partial charge in [-0.15, -0.1) is 5.10 Å². The number of nitrogens with two attached hydrogens (primary N) is 1. The highest BCUT2D eigenvalue weighted by molar-refractivity contribution is 5.77. The van der Waals surface area contributed by atoms with Crippen LogP contribution in [0.3, 0.4) is 0 Å². The quantitative estimate of drug-likeness (QED) is 0.804. The Morgan fingerprint density at radius 1 is 1.47 bits per heavy atom. The highest BCUT2D eigenvalue weighted by atomic mass is 16.5. The summed E-state index contributed by atoms with van der Waals surface area (Å²) in [7, 11) is 0. The highest BCUT2D eigenvalue weighted by Crippen LogP contribution is 2.25. The van der Waals surface area contributed by atoms with Gasteiger partial charge in [-0.05, 0) is 30.5 Å². The second-order valence-corrected chi connectivity index (χ2v) is 4.22. The lowest BCUT2D eigenvalue weighted by molar-refractivity contribution is 0.161. The van der Waals surface area contributed by atoms with Gasteiger partial charge in [-0.3, -0.25) is 0 Å². The maximum Gasteiger partial charge on any atom is 0.240 e. The molecule has 2 N–H and O–H groups in total. The molecule has 1 aliphatic heterocycles. The summed E-state index contributed by atoms with van der Waals surface area (Å²) in [5, 5.41) is 4.15. The number of rotatable bonds is 1. The Bertz CT molecular complexity index is 600. The average molecular weight is 230 g/mol. The minimum Gasteiger partial charge on any atom is -0.377 e. The second kappa shape index (κ2) is 3.85. The van der Waals surface area contributed by atoms with E-state index in [0.717, 1.165) is 29.8 Å². The maximum absolute atomic E-state index is 5.65. The first-order chi connectivity index (χ1) is 8.24. The predicted octanol–water partition coefficient (Wildman–Crippen LogP) is 1.42. The molecule has 3 rings (SSSR count). The Labute approximate surface area is 98.9 Å². The number of aromatic nitrogens is 3. The fraction of sp³-hybridized carbons (Fsp3) is 0.333. The smallest absolute Gasteiger partial charge is 0.240 e. The van der Waals surface area contributed by atoms with E-state index in [1.807, 2.05) is 13.1 Å². The zero-order valence-electron chi connectivity index (χ0n) is 9.68. The van der Waals surface area contributed by atoms with Crippen LogP contribution in [0.1, 0.15) is 17.5 Å². The lowest BCUT2D eigenvalue weighted by Crippen LogP contribution is -2.05. The van der Waals surface area contributed by atoms with Gasteiger partial charge >= 0.3 is 0 Å². The van der Waals surface area contributed by atoms with Crippen LogP contribution in [0.15, 0.2) is 18.3 Å². The van der Waals surface area contributed by atoms with Crippen molar-refractivity contribution in [3.8, 4) is 0 Å². The molecule has 0 spiro atoms. The molecule has 0 aromatic carbocycles. The molecule has 5 heteroatoms. The van der Waals surface area contributed by atoms with E-state index in [1.165, 1.54) is 5.57 Å². The lowest BCUT2D eigenvalue weighted by Gasteiger charge is -2.14. The van der Waals surface area contributed by atoms with E-state index in [2.05, 4.69) is 22.2 Å². The molecule has 0 fully saturated rings. The minimum absolute atomic E-state index is 0.310. The molecule has 88 valence electrons. The maximum atomic E-state index is 5.65. The van der Waals surface area contributed by atoms with Crippen LogP contribution in [0.5, 0.6) is 0 Å². The van der Waals surface area contributed by atoms with Crippen LogP contribution >= 0.6 is 0 Å². The van der Waals surface area contributed by atoms with Gasteiger partial charge in [-0.25, -0.2) is 4.52 Å². The van der Waals surface area contributed by atoms with E-state index < -0.39 is 0 Å². The van der Waals surface area contributed by atoms with Crippen molar-refractivity contribution in [1.29, 1.82) is 0 Å². The number of aryl methyl sites for hydroxylation is 1. The number of hydrogen-bond acceptors (Lipinski definition) is 4. The number of ether oxygens (including phenoxy) is 1. The van der Waals surface area contributed by atoms with E-state index >= 15 is 0 Å². The van der Waals surface area contributed by atoms with Crippen molar-refractivity contribution in [2.75, 3.05) is 18.9 Å². The first-order valence-electron chi connectivity index (χ1n) is 5.64. The van der Waals surface area contributed by atoms with Crippen molar-refractivity contribution < 1.29 is 4.74 Å². The average Bonchev–Trinajstić information content (AvgIpc) is 2.69. The third kappa shape index (κ3) is 1.78. The van der Waals surface area contributed by atoms with E-state index in [4.69, 9.17) is 10.5 Å². The molecule has 5 nitrogen and oxygen atoms in total. The molecule has 3 heterocycles. The van der Waals surface area contributed by atoms with Gasteiger partial charge in [-0.1, -0.05) is 6.08 Å². The summed E-state index contributed by atoms with van der Waals surface area (Å²) in [5.74, 6) is 0.310. The standard InChI is InChI=1S/C12H14N4O/c1-8-6-10(9-2-4-17-5-3-9)11-14-12(13)15-16(11)7-8/h2,6-7H,3-5H2,1H3,(H2,13,15). The van der Waals surface area contributed by atoms with Crippen LogP contribution in [0, 0.1) is 6.92 Å². The molecule has 0 radical (unpaired) electrons. The molecule has 0 saturated heterocycles. The highest BCUT2D eigenvalue weighted by Gasteiger charge is 2.13. The largest absolute Gasteiger partial charge is 0.377 e. The first kappa shape index (κ1) is 10.3. The topological polar surface area (TPSA) is 65.4 Å². The molecule has 0 amide bonds. The molecule has 1 aliphatic rings. The normalized spacial score (nSPS) is 16.2. The summed E-state index contributed by atoms with van der Waals surface area (Å²) >= 11 is 0. The number of nitrogens with zero attached hydrogens (tertiary/aromatic N) is 3. The Morgan fingerprint density at radius 2 is 2.35 bits per heavy atom. The van der Waals surface area contributed by atoms with Crippen LogP contribution in [0.2, 0.25) is 0 Å². The van der Waals surface area contributed by atoms with E-state index in [-0.39, 0.29) is 0 Å². The van der Waals surface area contributed by atoms with E-state index in [0.29, 0.717) is 12.6 Å². The van der Waals surface area contributed by atoms with Crippen molar-refractivity contribution in [3.63, 3.8) is 0 Å². The molecule has 2 aromatic heterocycles. The number of anilines is 1. The van der Waals surface area contributed by atoms with Crippen LogP contribution < -0.4 is 5.73 Å². The Hall–Kier alpha value is -1.88. The number of hydrogen-bond donors (Lipinski definition) is 1. The Morgan fingerprint density at radius 3 is 3.12 bits per heavy atom. The second-order valence-electron chi connectivity index (χ2n) is 4.22. The summed E-state index contributed by atoms with van der Waals surface area (Å²) < 4.78 is 7.07. The van der Waals surface area contributed by atoms with Crippen LogP contribution in [0.25, 0.3) is 11.2 Å². The van der Waals surface area contributed by atoms with E-state index in [1.54, 1.807) is 4.52 Å². The van der Waals surface area contributed by atoms with Crippen molar-refractivity contribution in [2.45, 2.75) is 13.3 Å². The number of nitrogen functional groups attached to an aromatic ring is 1. The third-order valence-corrected chi connectivity index (χ3v) is 2.90. The van der Waals surface area contributed by atoms with Gasteiger partial charge in [-0.2, -0.15) is 4.98 Å².